The van der Waals surface area contributed by atoms with E-state index in [-0.39, 0.29) is 12.0 Å². The highest BCUT2D eigenvalue weighted by Gasteiger charge is 2.27. The molecule has 1 unspecified atom stereocenters. The minimum Gasteiger partial charge on any atom is -0.376 e. The number of benzene rings is 2. The third kappa shape index (κ3) is 4.39. The minimum absolute atomic E-state index is 0.0185. The molecule has 1 fully saturated rings. The van der Waals surface area contributed by atoms with Crippen molar-refractivity contribution in [3.63, 3.8) is 0 Å². The van der Waals surface area contributed by atoms with Crippen LogP contribution < -0.4 is 0 Å². The van der Waals surface area contributed by atoms with E-state index in [1.165, 1.54) is 0 Å². The molecule has 1 saturated heterocycles. The van der Waals surface area contributed by atoms with E-state index in [1.807, 2.05) is 73.5 Å². The summed E-state index contributed by atoms with van der Waals surface area (Å²) in [6.45, 7) is 3.79. The van der Waals surface area contributed by atoms with Gasteiger partial charge in [0.1, 0.15) is 0 Å². The maximum absolute atomic E-state index is 14.1. The van der Waals surface area contributed by atoms with Crippen molar-refractivity contribution in [2.45, 2.75) is 32.4 Å². The first kappa shape index (κ1) is 21.3. The fourth-order valence-corrected chi connectivity index (χ4v) is 4.60. The van der Waals surface area contributed by atoms with Crippen LogP contribution in [0.25, 0.3) is 22.3 Å². The van der Waals surface area contributed by atoms with Crippen LogP contribution in [0.3, 0.4) is 0 Å². The van der Waals surface area contributed by atoms with Gasteiger partial charge >= 0.3 is 0 Å². The molecule has 0 saturated carbocycles. The average molecular weight is 441 g/mol. The van der Waals surface area contributed by atoms with E-state index in [0.29, 0.717) is 24.3 Å². The molecule has 6 nitrogen and oxygen atoms in total. The van der Waals surface area contributed by atoms with Crippen LogP contribution >= 0.6 is 0 Å². The number of aryl methyl sites for hydroxylation is 2. The SMILES string of the molecule is Cc1nn(C)c2nc(-c3ccccc3)cc(C(=O)N(Cc3ccccc3)CC3CCCO3)c12. The Balaban J connectivity index is 1.60. The Kier molecular flexibility index (Phi) is 5.92. The molecule has 168 valence electrons. The van der Waals surface area contributed by atoms with Gasteiger partial charge in [0.2, 0.25) is 0 Å². The van der Waals surface area contributed by atoms with E-state index in [1.54, 1.807) is 4.68 Å². The Morgan fingerprint density at radius 2 is 1.85 bits per heavy atom. The molecule has 4 aromatic rings. The summed E-state index contributed by atoms with van der Waals surface area (Å²) in [6.07, 6.45) is 2.08. The van der Waals surface area contributed by atoms with Crippen LogP contribution in [0.15, 0.2) is 66.7 Å². The lowest BCUT2D eigenvalue weighted by molar-refractivity contribution is 0.0508. The summed E-state index contributed by atoms with van der Waals surface area (Å²) < 4.78 is 7.65. The predicted octanol–water partition coefficient (Wildman–Crippen LogP) is 4.77. The van der Waals surface area contributed by atoms with E-state index >= 15 is 0 Å². The van der Waals surface area contributed by atoms with Gasteiger partial charge in [0.25, 0.3) is 5.91 Å². The van der Waals surface area contributed by atoms with E-state index < -0.39 is 0 Å². The molecule has 33 heavy (non-hydrogen) atoms. The Labute approximate surface area is 193 Å². The highest BCUT2D eigenvalue weighted by molar-refractivity contribution is 6.07. The monoisotopic (exact) mass is 440 g/mol. The molecule has 0 radical (unpaired) electrons. The number of fused-ring (bicyclic) bond motifs is 1. The molecule has 2 aromatic heterocycles. The molecule has 1 atom stereocenters. The van der Waals surface area contributed by atoms with Crippen molar-refractivity contribution in [1.29, 1.82) is 0 Å². The van der Waals surface area contributed by atoms with Gasteiger partial charge in [-0.2, -0.15) is 5.10 Å². The number of carbonyl (C=O) groups is 1. The number of aromatic nitrogens is 3. The van der Waals surface area contributed by atoms with Crippen molar-refractivity contribution >= 4 is 16.9 Å². The number of ether oxygens (including phenoxy) is 1. The van der Waals surface area contributed by atoms with Crippen molar-refractivity contribution in [2.75, 3.05) is 13.2 Å². The van der Waals surface area contributed by atoms with Gasteiger partial charge in [-0.05, 0) is 31.4 Å². The van der Waals surface area contributed by atoms with Crippen molar-refractivity contribution in [3.8, 4) is 11.3 Å². The first-order valence-corrected chi connectivity index (χ1v) is 11.4. The maximum atomic E-state index is 14.1. The number of amides is 1. The second kappa shape index (κ2) is 9.16. The third-order valence-electron chi connectivity index (χ3n) is 6.22. The number of hydrogen-bond acceptors (Lipinski definition) is 4. The zero-order valence-electron chi connectivity index (χ0n) is 19.1. The number of nitrogens with zero attached hydrogens (tertiary/aromatic N) is 4. The molecule has 0 aliphatic carbocycles. The molecular formula is C27H28N4O2. The summed E-state index contributed by atoms with van der Waals surface area (Å²) in [4.78, 5) is 20.9. The molecular weight excluding hydrogens is 412 g/mol. The summed E-state index contributed by atoms with van der Waals surface area (Å²) in [5.41, 5.74) is 5.00. The van der Waals surface area contributed by atoms with Crippen molar-refractivity contribution in [1.82, 2.24) is 19.7 Å². The third-order valence-corrected chi connectivity index (χ3v) is 6.22. The topological polar surface area (TPSA) is 60.2 Å². The van der Waals surface area contributed by atoms with Gasteiger partial charge in [0.05, 0.1) is 28.4 Å². The van der Waals surface area contributed by atoms with Crippen LogP contribution in [0.5, 0.6) is 0 Å². The average Bonchev–Trinajstić information content (AvgIpc) is 3.46. The zero-order chi connectivity index (χ0) is 22.8. The van der Waals surface area contributed by atoms with Gasteiger partial charge in [-0.1, -0.05) is 60.7 Å². The van der Waals surface area contributed by atoms with Crippen LogP contribution in [0.4, 0.5) is 0 Å². The molecule has 0 N–H and O–H groups in total. The molecule has 1 aliphatic heterocycles. The van der Waals surface area contributed by atoms with Gasteiger partial charge in [0.15, 0.2) is 5.65 Å². The molecule has 6 heteroatoms. The Hall–Kier alpha value is -3.51. The molecule has 1 aliphatic rings. The molecule has 2 aromatic carbocycles. The lowest BCUT2D eigenvalue weighted by atomic mass is 10.0. The second-order valence-corrected chi connectivity index (χ2v) is 8.64. The number of carbonyl (C=O) groups excluding carboxylic acids is 1. The smallest absolute Gasteiger partial charge is 0.255 e. The quantitative estimate of drug-likeness (QED) is 0.434. The van der Waals surface area contributed by atoms with Gasteiger partial charge in [-0.3, -0.25) is 9.48 Å². The van der Waals surface area contributed by atoms with E-state index in [9.17, 15) is 4.79 Å². The van der Waals surface area contributed by atoms with Gasteiger partial charge < -0.3 is 9.64 Å². The van der Waals surface area contributed by atoms with Gasteiger partial charge in [-0.15, -0.1) is 0 Å². The number of rotatable bonds is 6. The van der Waals surface area contributed by atoms with E-state index in [2.05, 4.69) is 17.2 Å². The first-order valence-electron chi connectivity index (χ1n) is 11.4. The number of pyridine rings is 1. The van der Waals surface area contributed by atoms with Crippen LogP contribution in [0.1, 0.15) is 34.5 Å². The molecule has 3 heterocycles. The van der Waals surface area contributed by atoms with Crippen LogP contribution in [-0.2, 0) is 18.3 Å². The van der Waals surface area contributed by atoms with Gasteiger partial charge in [0, 0.05) is 32.3 Å². The van der Waals surface area contributed by atoms with Crippen molar-refractivity contribution < 1.29 is 9.53 Å². The van der Waals surface area contributed by atoms with Crippen LogP contribution in [0.2, 0.25) is 0 Å². The second-order valence-electron chi connectivity index (χ2n) is 8.64. The maximum Gasteiger partial charge on any atom is 0.255 e. The first-order chi connectivity index (χ1) is 16.1. The molecule has 5 rings (SSSR count). The molecule has 0 bridgehead atoms. The summed E-state index contributed by atoms with van der Waals surface area (Å²) in [5.74, 6) is -0.0185. The van der Waals surface area contributed by atoms with E-state index in [4.69, 9.17) is 9.72 Å². The Bertz CT molecular complexity index is 1260. The Morgan fingerprint density at radius 1 is 1.12 bits per heavy atom. The molecule has 0 spiro atoms. The normalized spacial score (nSPS) is 15.8. The standard InChI is InChI=1S/C27H28N4O2/c1-19-25-23(16-24(21-12-7-4-8-13-21)28-26(25)30(2)29-19)27(32)31(18-22-14-9-15-33-22)17-20-10-5-3-6-11-20/h3-8,10-13,16,22H,9,14-15,17-18H2,1-2H3. The van der Waals surface area contributed by atoms with Crippen molar-refractivity contribution in [2.24, 2.45) is 7.05 Å². The summed E-state index contributed by atoms with van der Waals surface area (Å²) >= 11 is 0. The fraction of sp³-hybridized carbons (Fsp3) is 0.296. The van der Waals surface area contributed by atoms with Gasteiger partial charge in [-0.25, -0.2) is 4.98 Å². The lowest BCUT2D eigenvalue weighted by Gasteiger charge is -2.26. The highest BCUT2D eigenvalue weighted by Crippen LogP contribution is 2.28. The summed E-state index contributed by atoms with van der Waals surface area (Å²) in [6, 6.07) is 22.0. The van der Waals surface area contributed by atoms with Crippen molar-refractivity contribution in [3.05, 3.63) is 83.6 Å². The zero-order valence-corrected chi connectivity index (χ0v) is 19.1. The Morgan fingerprint density at radius 3 is 2.55 bits per heavy atom. The highest BCUT2D eigenvalue weighted by atomic mass is 16.5. The molecule has 1 amide bonds. The predicted molar refractivity (Wildman–Crippen MR) is 129 cm³/mol. The van der Waals surface area contributed by atoms with E-state index in [0.717, 1.165) is 47.3 Å². The fourth-order valence-electron chi connectivity index (χ4n) is 4.60. The summed E-state index contributed by atoms with van der Waals surface area (Å²) in [7, 11) is 1.87. The van der Waals surface area contributed by atoms with Crippen LogP contribution in [0, 0.1) is 6.92 Å². The van der Waals surface area contributed by atoms with Crippen LogP contribution in [-0.4, -0.2) is 44.8 Å². The lowest BCUT2D eigenvalue weighted by Crippen LogP contribution is -2.37. The minimum atomic E-state index is -0.0185. The number of hydrogen-bond donors (Lipinski definition) is 0. The largest absolute Gasteiger partial charge is 0.376 e. The summed E-state index contributed by atoms with van der Waals surface area (Å²) in [5, 5.41) is 5.39.